The van der Waals surface area contributed by atoms with Gasteiger partial charge in [0.1, 0.15) is 0 Å². The van der Waals surface area contributed by atoms with Gasteiger partial charge < -0.3 is 10.2 Å². The molecule has 1 aromatic carbocycles. The third-order valence-electron chi connectivity index (χ3n) is 3.40. The van der Waals surface area contributed by atoms with Crippen molar-refractivity contribution in [2.75, 3.05) is 45.1 Å². The molecule has 0 saturated carbocycles. The Morgan fingerprint density at radius 3 is 2.67 bits per heavy atom. The van der Waals surface area contributed by atoms with Gasteiger partial charge in [-0.05, 0) is 13.1 Å². The summed E-state index contributed by atoms with van der Waals surface area (Å²) < 4.78 is 0. The van der Waals surface area contributed by atoms with Gasteiger partial charge in [-0.2, -0.15) is 0 Å². The second kappa shape index (κ2) is 6.84. The molecule has 1 saturated heterocycles. The molecule has 8 heteroatoms. The lowest BCUT2D eigenvalue weighted by atomic mass is 10.2. The predicted molar refractivity (Wildman–Crippen MR) is 80.7 cm³/mol. The van der Waals surface area contributed by atoms with Crippen molar-refractivity contribution in [3.8, 4) is 0 Å². The number of nitro benzene ring substituents is 1. The minimum Gasteiger partial charge on any atom is -0.323 e. The van der Waals surface area contributed by atoms with E-state index in [1.165, 1.54) is 18.2 Å². The zero-order valence-corrected chi connectivity index (χ0v) is 12.5. The number of anilines is 1. The number of nitrogens with zero attached hydrogens (tertiary/aromatic N) is 3. The maximum absolute atomic E-state index is 12.0. The summed E-state index contributed by atoms with van der Waals surface area (Å²) in [5.41, 5.74) is 0.166. The van der Waals surface area contributed by atoms with E-state index in [-0.39, 0.29) is 28.8 Å². The lowest BCUT2D eigenvalue weighted by Crippen LogP contribution is -2.47. The maximum atomic E-state index is 12.0. The van der Waals surface area contributed by atoms with Gasteiger partial charge in [0.2, 0.25) is 5.91 Å². The normalized spacial score (nSPS) is 16.7. The standard InChI is InChI=1S/C13H17ClN4O3/c1-16-4-6-17(7-5-16)9-13(19)15-12-8-10(18(20)21)2-3-11(12)14/h2-3,8H,4-7,9H2,1H3,(H,15,19). The van der Waals surface area contributed by atoms with Crippen LogP contribution in [0.25, 0.3) is 0 Å². The molecule has 114 valence electrons. The number of nitro groups is 1. The van der Waals surface area contributed by atoms with Gasteiger partial charge in [0.15, 0.2) is 0 Å². The topological polar surface area (TPSA) is 78.7 Å². The van der Waals surface area contributed by atoms with Gasteiger partial charge in [0.05, 0.1) is 22.2 Å². The number of benzene rings is 1. The average molecular weight is 313 g/mol. The van der Waals surface area contributed by atoms with Crippen LogP contribution in [0, 0.1) is 10.1 Å². The largest absolute Gasteiger partial charge is 0.323 e. The van der Waals surface area contributed by atoms with Gasteiger partial charge in [-0.1, -0.05) is 11.6 Å². The number of likely N-dealkylation sites (N-methyl/N-ethyl adjacent to an activating group) is 1. The number of piperazine rings is 1. The molecule has 1 fully saturated rings. The Bertz CT molecular complexity index is 544. The Hall–Kier alpha value is -1.70. The number of hydrogen-bond acceptors (Lipinski definition) is 5. The molecule has 0 aliphatic carbocycles. The van der Waals surface area contributed by atoms with Crippen LogP contribution < -0.4 is 5.32 Å². The molecule has 1 amide bonds. The highest BCUT2D eigenvalue weighted by Crippen LogP contribution is 2.26. The van der Waals surface area contributed by atoms with E-state index in [1.54, 1.807) is 0 Å². The van der Waals surface area contributed by atoms with Crippen molar-refractivity contribution in [3.63, 3.8) is 0 Å². The first kappa shape index (κ1) is 15.7. The molecule has 0 spiro atoms. The summed E-state index contributed by atoms with van der Waals surface area (Å²) in [7, 11) is 2.04. The molecule has 21 heavy (non-hydrogen) atoms. The number of carbonyl (C=O) groups is 1. The minimum atomic E-state index is -0.521. The second-order valence-electron chi connectivity index (χ2n) is 5.05. The lowest BCUT2D eigenvalue weighted by Gasteiger charge is -2.31. The second-order valence-corrected chi connectivity index (χ2v) is 5.46. The minimum absolute atomic E-state index is 0.103. The molecule has 1 aromatic rings. The van der Waals surface area contributed by atoms with Crippen LogP contribution in [0.4, 0.5) is 11.4 Å². The van der Waals surface area contributed by atoms with Crippen LogP contribution >= 0.6 is 11.6 Å². The summed E-state index contributed by atoms with van der Waals surface area (Å²) in [4.78, 5) is 26.5. The number of non-ortho nitro benzene ring substituents is 1. The van der Waals surface area contributed by atoms with E-state index in [1.807, 2.05) is 11.9 Å². The SMILES string of the molecule is CN1CCN(CC(=O)Nc2cc([N+](=O)[O-])ccc2Cl)CC1. The molecule has 2 rings (SSSR count). The number of rotatable bonds is 4. The van der Waals surface area contributed by atoms with Gasteiger partial charge in [0.25, 0.3) is 5.69 Å². The summed E-state index contributed by atoms with van der Waals surface area (Å²) in [6.07, 6.45) is 0. The van der Waals surface area contributed by atoms with Gasteiger partial charge in [-0.15, -0.1) is 0 Å². The first-order valence-corrected chi connectivity index (χ1v) is 6.98. The van der Waals surface area contributed by atoms with Crippen LogP contribution in [0.15, 0.2) is 18.2 Å². The molecular formula is C13H17ClN4O3. The zero-order chi connectivity index (χ0) is 15.4. The molecule has 0 aromatic heterocycles. The van der Waals surface area contributed by atoms with E-state index in [2.05, 4.69) is 10.2 Å². The Kier molecular flexibility index (Phi) is 5.11. The van der Waals surface area contributed by atoms with E-state index in [0.29, 0.717) is 0 Å². The van der Waals surface area contributed by atoms with Crippen molar-refractivity contribution >= 4 is 28.9 Å². The van der Waals surface area contributed by atoms with Gasteiger partial charge >= 0.3 is 0 Å². The van der Waals surface area contributed by atoms with Crippen molar-refractivity contribution in [1.29, 1.82) is 0 Å². The number of halogens is 1. The van der Waals surface area contributed by atoms with Crippen LogP contribution in [0.1, 0.15) is 0 Å². The summed E-state index contributed by atoms with van der Waals surface area (Å²) >= 11 is 5.95. The maximum Gasteiger partial charge on any atom is 0.271 e. The molecular weight excluding hydrogens is 296 g/mol. The number of amides is 1. The van der Waals surface area contributed by atoms with Crippen LogP contribution in [0.2, 0.25) is 5.02 Å². The summed E-state index contributed by atoms with van der Waals surface area (Å²) in [6, 6.07) is 3.98. The molecule has 1 aliphatic heterocycles. The first-order chi connectivity index (χ1) is 9.95. The average Bonchev–Trinajstić information content (AvgIpc) is 2.43. The van der Waals surface area contributed by atoms with Crippen molar-refractivity contribution in [2.45, 2.75) is 0 Å². The van der Waals surface area contributed by atoms with Crippen LogP contribution in [-0.2, 0) is 4.79 Å². The number of carbonyl (C=O) groups excluding carboxylic acids is 1. The zero-order valence-electron chi connectivity index (χ0n) is 11.7. The fourth-order valence-corrected chi connectivity index (χ4v) is 2.29. The fraction of sp³-hybridized carbons (Fsp3) is 0.462. The van der Waals surface area contributed by atoms with Crippen molar-refractivity contribution in [2.24, 2.45) is 0 Å². The van der Waals surface area contributed by atoms with E-state index in [0.717, 1.165) is 26.2 Å². The molecule has 1 N–H and O–H groups in total. The summed E-state index contributed by atoms with van der Waals surface area (Å²) in [5.74, 6) is -0.220. The van der Waals surface area contributed by atoms with Gasteiger partial charge in [0, 0.05) is 38.3 Å². The third-order valence-corrected chi connectivity index (χ3v) is 3.73. The van der Waals surface area contributed by atoms with E-state index in [4.69, 9.17) is 11.6 Å². The van der Waals surface area contributed by atoms with Gasteiger partial charge in [-0.3, -0.25) is 19.8 Å². The summed E-state index contributed by atoms with van der Waals surface area (Å²) in [6.45, 7) is 3.75. The van der Waals surface area contributed by atoms with Gasteiger partial charge in [-0.25, -0.2) is 0 Å². The van der Waals surface area contributed by atoms with Crippen LogP contribution in [0.3, 0.4) is 0 Å². The highest BCUT2D eigenvalue weighted by molar-refractivity contribution is 6.33. The number of hydrogen-bond donors (Lipinski definition) is 1. The lowest BCUT2D eigenvalue weighted by molar-refractivity contribution is -0.384. The Morgan fingerprint density at radius 2 is 2.05 bits per heavy atom. The van der Waals surface area contributed by atoms with E-state index in [9.17, 15) is 14.9 Å². The Labute approximate surface area is 127 Å². The van der Waals surface area contributed by atoms with Crippen molar-refractivity contribution < 1.29 is 9.72 Å². The monoisotopic (exact) mass is 312 g/mol. The third kappa shape index (κ3) is 4.38. The molecule has 1 heterocycles. The molecule has 7 nitrogen and oxygen atoms in total. The smallest absolute Gasteiger partial charge is 0.271 e. The van der Waals surface area contributed by atoms with Crippen molar-refractivity contribution in [1.82, 2.24) is 9.80 Å². The highest BCUT2D eigenvalue weighted by Gasteiger charge is 2.18. The number of nitrogens with one attached hydrogen (secondary N) is 1. The molecule has 0 atom stereocenters. The molecule has 0 radical (unpaired) electrons. The quantitative estimate of drug-likeness (QED) is 0.672. The van der Waals surface area contributed by atoms with E-state index >= 15 is 0 Å². The fourth-order valence-electron chi connectivity index (χ4n) is 2.12. The first-order valence-electron chi connectivity index (χ1n) is 6.60. The van der Waals surface area contributed by atoms with Crippen LogP contribution in [0.5, 0.6) is 0 Å². The molecule has 1 aliphatic rings. The highest BCUT2D eigenvalue weighted by atomic mass is 35.5. The predicted octanol–water partition coefficient (Wildman–Crippen LogP) is 1.43. The van der Waals surface area contributed by atoms with Crippen molar-refractivity contribution in [3.05, 3.63) is 33.3 Å². The van der Waals surface area contributed by atoms with E-state index < -0.39 is 4.92 Å². The Morgan fingerprint density at radius 1 is 1.38 bits per heavy atom. The molecule has 0 bridgehead atoms. The summed E-state index contributed by atoms with van der Waals surface area (Å²) in [5, 5.41) is 13.7. The van der Waals surface area contributed by atoms with Crippen LogP contribution in [-0.4, -0.2) is 60.4 Å². The molecule has 0 unspecified atom stereocenters. The Balaban J connectivity index is 1.96.